The monoisotopic (exact) mass is 466 g/mol. The Bertz CT molecular complexity index is 1160. The second-order valence-electron chi connectivity index (χ2n) is 8.52. The fourth-order valence-corrected chi connectivity index (χ4v) is 5.92. The summed E-state index contributed by atoms with van der Waals surface area (Å²) in [4.78, 5) is 39.8. The zero-order valence-electron chi connectivity index (χ0n) is 17.1. The van der Waals surface area contributed by atoms with Gasteiger partial charge in [0.1, 0.15) is 40.0 Å². The molecule has 0 saturated heterocycles. The van der Waals surface area contributed by atoms with Crippen molar-refractivity contribution in [3.63, 3.8) is 0 Å². The number of halogens is 2. The molecule has 3 aliphatic rings. The van der Waals surface area contributed by atoms with E-state index in [0.717, 1.165) is 12.1 Å². The number of primary amides is 1. The van der Waals surface area contributed by atoms with Gasteiger partial charge in [-0.05, 0) is 32.6 Å². The number of carbonyl (C=O) groups excluding carboxylic acids is 3. The van der Waals surface area contributed by atoms with E-state index in [1.54, 1.807) is 0 Å². The largest absolute Gasteiger partial charge is 0.510 e. The highest BCUT2D eigenvalue weighted by atomic mass is 31.0. The van der Waals surface area contributed by atoms with Crippen molar-refractivity contribution in [2.45, 2.75) is 23.8 Å². The van der Waals surface area contributed by atoms with Gasteiger partial charge in [-0.2, -0.15) is 0 Å². The minimum atomic E-state index is -2.19. The third-order valence-corrected chi connectivity index (χ3v) is 7.60. The highest BCUT2D eigenvalue weighted by Crippen LogP contribution is 2.56. The maximum atomic E-state index is 16.1. The summed E-state index contributed by atoms with van der Waals surface area (Å²) in [5.41, 5.74) is 3.40. The molecule has 0 spiro atoms. The molecule has 11 heteroatoms. The van der Waals surface area contributed by atoms with Gasteiger partial charge in [0.15, 0.2) is 11.6 Å². The first-order chi connectivity index (χ1) is 14.8. The molecule has 4 rings (SSSR count). The van der Waals surface area contributed by atoms with Crippen LogP contribution in [0.15, 0.2) is 34.8 Å². The summed E-state index contributed by atoms with van der Waals surface area (Å²) in [7, 11) is 4.98. The van der Waals surface area contributed by atoms with E-state index in [1.807, 2.05) is 9.24 Å². The maximum Gasteiger partial charge on any atom is 0.255 e. The van der Waals surface area contributed by atoms with Gasteiger partial charge in [-0.3, -0.25) is 19.3 Å². The molecular formula is C21H21F2N2O6P. The second-order valence-corrected chi connectivity index (χ2v) is 9.43. The molecule has 32 heavy (non-hydrogen) atoms. The zero-order chi connectivity index (χ0) is 23.9. The molecule has 0 saturated carbocycles. The minimum Gasteiger partial charge on any atom is -0.510 e. The van der Waals surface area contributed by atoms with Gasteiger partial charge < -0.3 is 21.1 Å². The lowest BCUT2D eigenvalue weighted by atomic mass is 9.59. The maximum absolute atomic E-state index is 16.1. The number of phenolic OH excluding ortho intramolecular Hbond substituents is 1. The zero-order valence-corrected chi connectivity index (χ0v) is 18.3. The van der Waals surface area contributed by atoms with Crippen LogP contribution in [-0.2, 0) is 16.0 Å². The summed E-state index contributed by atoms with van der Waals surface area (Å²) in [5.74, 6) is -9.13. The van der Waals surface area contributed by atoms with E-state index >= 15 is 4.39 Å². The molecule has 8 nitrogen and oxygen atoms in total. The number of nitrogens with zero attached hydrogens (tertiary/aromatic N) is 1. The van der Waals surface area contributed by atoms with Crippen LogP contribution in [0.5, 0.6) is 5.75 Å². The quantitative estimate of drug-likeness (QED) is 0.378. The number of aliphatic hydroxyl groups is 2. The molecule has 1 aromatic rings. The van der Waals surface area contributed by atoms with Crippen LogP contribution >= 0.6 is 9.24 Å². The van der Waals surface area contributed by atoms with Crippen molar-refractivity contribution < 1.29 is 38.5 Å². The Hall–Kier alpha value is -2.84. The lowest BCUT2D eigenvalue weighted by molar-refractivity contribution is -0.127. The predicted octanol–water partition coefficient (Wildman–Crippen LogP) is 1.09. The van der Waals surface area contributed by atoms with Gasteiger partial charge in [0.25, 0.3) is 5.91 Å². The van der Waals surface area contributed by atoms with Crippen molar-refractivity contribution in [1.29, 1.82) is 0 Å². The number of aromatic hydroxyl groups is 1. The minimum absolute atomic E-state index is 0.198. The first kappa shape index (κ1) is 22.4. The normalized spacial score (nSPS) is 32.1. The number of benzene rings is 1. The van der Waals surface area contributed by atoms with E-state index < -0.39 is 86.5 Å². The number of nitrogens with two attached hydrogens (primary N) is 1. The molecule has 1 aromatic carbocycles. The van der Waals surface area contributed by atoms with E-state index in [9.17, 15) is 34.1 Å². The Kier molecular flexibility index (Phi) is 4.95. The number of amides is 1. The van der Waals surface area contributed by atoms with Crippen molar-refractivity contribution in [1.82, 2.24) is 4.90 Å². The van der Waals surface area contributed by atoms with E-state index in [1.165, 1.54) is 19.0 Å². The van der Waals surface area contributed by atoms with Crippen LogP contribution in [-0.4, -0.2) is 69.2 Å². The summed E-state index contributed by atoms with van der Waals surface area (Å²) < 4.78 is 30.6. The van der Waals surface area contributed by atoms with Crippen LogP contribution < -0.4 is 5.73 Å². The van der Waals surface area contributed by atoms with Crippen LogP contribution in [0.3, 0.4) is 0 Å². The van der Waals surface area contributed by atoms with Gasteiger partial charge in [0.05, 0.1) is 11.6 Å². The molecule has 0 aromatic heterocycles. The molecule has 1 amide bonds. The molecule has 0 bridgehead atoms. The Balaban J connectivity index is 2.03. The summed E-state index contributed by atoms with van der Waals surface area (Å²) in [5, 5.41) is 29.8. The number of aliphatic hydroxyl groups excluding tert-OH is 2. The van der Waals surface area contributed by atoms with Crippen molar-refractivity contribution in [3.8, 4) is 5.75 Å². The molecule has 170 valence electrons. The number of likely N-dealkylation sites (N-methyl/N-ethyl adjacent to an activating group) is 1. The van der Waals surface area contributed by atoms with Crippen LogP contribution in [0.2, 0.25) is 0 Å². The predicted molar refractivity (Wildman–Crippen MR) is 111 cm³/mol. The molecule has 5 N–H and O–H groups in total. The van der Waals surface area contributed by atoms with Gasteiger partial charge in [0.2, 0.25) is 0 Å². The standard InChI is InChI=1S/C21H21F2N2O6P/c1-25(2)15-13-14(23)7-5-6-8(22)3-4-9(26)10(6)16(27)11(7)18(29)21(13,32)19(30)12(17(15)28)20(24)31/h3-4,7,13-15,26,28-29H,5,32H2,1-2H3,(H2,24,31)/t7-,13+,14+,15+,21+/m1/s1. The summed E-state index contributed by atoms with van der Waals surface area (Å²) >= 11 is 0. The fraction of sp³-hybridized carbons (Fsp3) is 0.381. The van der Waals surface area contributed by atoms with Crippen molar-refractivity contribution in [2.24, 2.45) is 17.6 Å². The SMILES string of the molecule is CN(C)[C@@H]1C(O)=C(C(N)=O)C(=O)[C@@]2(P)C(O)=C3C(=O)c4c(O)ccc(F)c4C[C@H]3[C@H](F)[C@@H]12. The third-order valence-electron chi connectivity index (χ3n) is 6.68. The number of fused-ring (bicyclic) bond motifs is 3. The van der Waals surface area contributed by atoms with Gasteiger partial charge >= 0.3 is 0 Å². The highest BCUT2D eigenvalue weighted by molar-refractivity contribution is 7.22. The van der Waals surface area contributed by atoms with E-state index in [-0.39, 0.29) is 12.0 Å². The van der Waals surface area contributed by atoms with Crippen LogP contribution in [0.25, 0.3) is 0 Å². The molecule has 0 heterocycles. The fourth-order valence-electron chi connectivity index (χ4n) is 5.25. The van der Waals surface area contributed by atoms with E-state index in [0.29, 0.717) is 0 Å². The van der Waals surface area contributed by atoms with Gasteiger partial charge in [-0.25, -0.2) is 8.78 Å². The molecule has 0 fully saturated rings. The topological polar surface area (TPSA) is 141 Å². The number of allylic oxidation sites excluding steroid dienone is 2. The molecule has 0 aliphatic heterocycles. The lowest BCUT2D eigenvalue weighted by Crippen LogP contribution is -2.64. The van der Waals surface area contributed by atoms with E-state index in [2.05, 4.69) is 0 Å². The Morgan fingerprint density at radius 2 is 1.88 bits per heavy atom. The Morgan fingerprint density at radius 1 is 1.25 bits per heavy atom. The van der Waals surface area contributed by atoms with Crippen molar-refractivity contribution >= 4 is 26.7 Å². The smallest absolute Gasteiger partial charge is 0.255 e. The van der Waals surface area contributed by atoms with Crippen molar-refractivity contribution in [2.75, 3.05) is 14.1 Å². The Morgan fingerprint density at radius 3 is 2.44 bits per heavy atom. The first-order valence-electron chi connectivity index (χ1n) is 9.71. The molecule has 1 unspecified atom stereocenters. The number of alkyl halides is 1. The molecule has 3 aliphatic carbocycles. The second kappa shape index (κ2) is 7.08. The van der Waals surface area contributed by atoms with Gasteiger partial charge in [-0.15, -0.1) is 9.24 Å². The first-order valence-corrected chi connectivity index (χ1v) is 10.3. The number of hydrogen-bond donors (Lipinski definition) is 4. The average molecular weight is 466 g/mol. The molecule has 6 atom stereocenters. The number of rotatable bonds is 2. The van der Waals surface area contributed by atoms with Gasteiger partial charge in [-0.1, -0.05) is 0 Å². The van der Waals surface area contributed by atoms with Crippen LogP contribution in [0.4, 0.5) is 8.78 Å². The Labute approximate surface area is 183 Å². The summed E-state index contributed by atoms with van der Waals surface area (Å²) in [6, 6.07) is 0.669. The van der Waals surface area contributed by atoms with E-state index in [4.69, 9.17) is 5.73 Å². The number of hydrogen-bond acceptors (Lipinski definition) is 7. The molecular weight excluding hydrogens is 445 g/mol. The summed E-state index contributed by atoms with van der Waals surface area (Å²) in [6.07, 6.45) is -2.37. The number of carbonyl (C=O) groups is 3. The summed E-state index contributed by atoms with van der Waals surface area (Å²) in [6.45, 7) is 0. The highest BCUT2D eigenvalue weighted by Gasteiger charge is 2.65. The van der Waals surface area contributed by atoms with Crippen LogP contribution in [0, 0.1) is 17.7 Å². The number of ketones is 2. The van der Waals surface area contributed by atoms with Gasteiger partial charge in [0, 0.05) is 23.0 Å². The van der Waals surface area contributed by atoms with Crippen molar-refractivity contribution in [3.05, 3.63) is 51.7 Å². The third kappa shape index (κ3) is 2.62. The lowest BCUT2D eigenvalue weighted by Gasteiger charge is -2.52. The number of phenols is 1. The number of Topliss-reactive ketones (excluding diaryl/α,β-unsaturated/α-hetero) is 2. The van der Waals surface area contributed by atoms with Crippen LogP contribution in [0.1, 0.15) is 15.9 Å². The molecule has 0 radical (unpaired) electrons. The average Bonchev–Trinajstić information content (AvgIpc) is 2.70.